The van der Waals surface area contributed by atoms with Crippen LogP contribution in [0.15, 0.2) is 24.3 Å². The molecular formula is C16H18N4O3S. The summed E-state index contributed by atoms with van der Waals surface area (Å²) in [5.41, 5.74) is 0.613. The van der Waals surface area contributed by atoms with E-state index in [1.807, 2.05) is 6.07 Å². The number of anilines is 2. The van der Waals surface area contributed by atoms with Crippen LogP contribution in [0.5, 0.6) is 5.75 Å². The van der Waals surface area contributed by atoms with Gasteiger partial charge in [-0.05, 0) is 18.1 Å². The predicted octanol–water partition coefficient (Wildman–Crippen LogP) is 2.46. The van der Waals surface area contributed by atoms with Crippen molar-refractivity contribution in [2.75, 3.05) is 10.6 Å². The molecule has 3 rings (SSSR count). The van der Waals surface area contributed by atoms with Crippen LogP contribution in [0, 0.1) is 5.92 Å². The largest absolute Gasteiger partial charge is 0.478 e. The summed E-state index contributed by atoms with van der Waals surface area (Å²) < 4.78 is 5.60. The van der Waals surface area contributed by atoms with Gasteiger partial charge in [0.25, 0.3) is 5.91 Å². The Labute approximate surface area is 143 Å². The van der Waals surface area contributed by atoms with Crippen LogP contribution >= 0.6 is 11.3 Å². The highest BCUT2D eigenvalue weighted by molar-refractivity contribution is 7.15. The van der Waals surface area contributed by atoms with Crippen molar-refractivity contribution >= 4 is 34.0 Å². The molecule has 24 heavy (non-hydrogen) atoms. The van der Waals surface area contributed by atoms with E-state index in [9.17, 15) is 9.59 Å². The number of hydrogen-bond acceptors (Lipinski definition) is 6. The van der Waals surface area contributed by atoms with E-state index in [1.165, 1.54) is 11.3 Å². The third kappa shape index (κ3) is 3.88. The standard InChI is InChI=1S/C16H18N4O3S/c1-9(2)7-14-19-20-16(24-14)18-13(21)8-12-15(22)17-10-5-3-4-6-11(10)23-12/h3-6,9,12H,7-8H2,1-2H3,(H,17,22)(H,18,20,21). The fourth-order valence-corrected chi connectivity index (χ4v) is 3.27. The predicted molar refractivity (Wildman–Crippen MR) is 91.2 cm³/mol. The lowest BCUT2D eigenvalue weighted by Gasteiger charge is -2.25. The molecule has 1 atom stereocenters. The molecule has 2 heterocycles. The van der Waals surface area contributed by atoms with Crippen LogP contribution < -0.4 is 15.4 Å². The first-order valence-electron chi connectivity index (χ1n) is 7.70. The number of amides is 2. The molecular weight excluding hydrogens is 328 g/mol. The summed E-state index contributed by atoms with van der Waals surface area (Å²) in [5.74, 6) is 0.370. The molecule has 2 aromatic rings. The second kappa shape index (κ2) is 6.96. The first-order chi connectivity index (χ1) is 11.5. The smallest absolute Gasteiger partial charge is 0.266 e. The maximum atomic E-state index is 12.1. The number of benzene rings is 1. The number of hydrogen-bond donors (Lipinski definition) is 2. The van der Waals surface area contributed by atoms with Crippen molar-refractivity contribution in [1.29, 1.82) is 0 Å². The Morgan fingerprint density at radius 3 is 2.96 bits per heavy atom. The van der Waals surface area contributed by atoms with Gasteiger partial charge in [0.2, 0.25) is 11.0 Å². The van der Waals surface area contributed by atoms with Gasteiger partial charge >= 0.3 is 0 Å². The monoisotopic (exact) mass is 346 g/mol. The number of nitrogens with one attached hydrogen (secondary N) is 2. The zero-order chi connectivity index (χ0) is 17.1. The van der Waals surface area contributed by atoms with Crippen molar-refractivity contribution in [3.05, 3.63) is 29.3 Å². The van der Waals surface area contributed by atoms with Crippen molar-refractivity contribution in [3.63, 3.8) is 0 Å². The minimum absolute atomic E-state index is 0.0841. The Bertz CT molecular complexity index is 759. The van der Waals surface area contributed by atoms with Crippen molar-refractivity contribution in [1.82, 2.24) is 10.2 Å². The number of rotatable bonds is 5. The maximum Gasteiger partial charge on any atom is 0.266 e. The first kappa shape index (κ1) is 16.4. The summed E-state index contributed by atoms with van der Waals surface area (Å²) in [4.78, 5) is 24.2. The van der Waals surface area contributed by atoms with Crippen LogP contribution in [0.4, 0.5) is 10.8 Å². The molecule has 0 bridgehead atoms. The van der Waals surface area contributed by atoms with E-state index in [-0.39, 0.29) is 18.2 Å². The Hall–Kier alpha value is -2.48. The highest BCUT2D eigenvalue weighted by atomic mass is 32.1. The lowest BCUT2D eigenvalue weighted by Crippen LogP contribution is -2.39. The Balaban J connectivity index is 1.59. The van der Waals surface area contributed by atoms with Crippen LogP contribution in [0.1, 0.15) is 25.3 Å². The van der Waals surface area contributed by atoms with E-state index in [2.05, 4.69) is 34.7 Å². The molecule has 1 aromatic carbocycles. The summed E-state index contributed by atoms with van der Waals surface area (Å²) in [6, 6.07) is 7.12. The molecule has 1 aliphatic rings. The van der Waals surface area contributed by atoms with Gasteiger partial charge < -0.3 is 15.4 Å². The zero-order valence-corrected chi connectivity index (χ0v) is 14.2. The van der Waals surface area contributed by atoms with E-state index in [0.717, 1.165) is 11.4 Å². The van der Waals surface area contributed by atoms with Crippen LogP contribution in [-0.2, 0) is 16.0 Å². The lowest BCUT2D eigenvalue weighted by atomic mass is 10.1. The zero-order valence-electron chi connectivity index (χ0n) is 13.4. The van der Waals surface area contributed by atoms with Crippen LogP contribution in [0.25, 0.3) is 0 Å². The average Bonchev–Trinajstić information content (AvgIpc) is 2.94. The molecule has 1 aromatic heterocycles. The number of para-hydroxylation sites is 2. The third-order valence-corrected chi connectivity index (χ3v) is 4.23. The fourth-order valence-electron chi connectivity index (χ4n) is 2.30. The molecule has 0 spiro atoms. The third-order valence-electron chi connectivity index (χ3n) is 3.37. The highest BCUT2D eigenvalue weighted by Crippen LogP contribution is 2.29. The van der Waals surface area contributed by atoms with Gasteiger partial charge in [0, 0.05) is 6.42 Å². The van der Waals surface area contributed by atoms with Gasteiger partial charge in [-0.1, -0.05) is 37.3 Å². The second-order valence-electron chi connectivity index (χ2n) is 5.94. The fraction of sp³-hybridized carbons (Fsp3) is 0.375. The molecule has 7 nitrogen and oxygen atoms in total. The Kier molecular flexibility index (Phi) is 4.75. The lowest BCUT2D eigenvalue weighted by molar-refractivity contribution is -0.128. The molecule has 1 aliphatic heterocycles. The minimum Gasteiger partial charge on any atom is -0.478 e. The molecule has 126 valence electrons. The van der Waals surface area contributed by atoms with E-state index >= 15 is 0 Å². The van der Waals surface area contributed by atoms with Crippen molar-refractivity contribution in [2.45, 2.75) is 32.8 Å². The van der Waals surface area contributed by atoms with Crippen LogP contribution in [0.3, 0.4) is 0 Å². The van der Waals surface area contributed by atoms with Crippen molar-refractivity contribution < 1.29 is 14.3 Å². The molecule has 0 fully saturated rings. The van der Waals surface area contributed by atoms with Gasteiger partial charge in [0.05, 0.1) is 12.1 Å². The second-order valence-corrected chi connectivity index (χ2v) is 7.01. The summed E-state index contributed by atoms with van der Waals surface area (Å²) in [6.45, 7) is 4.19. The van der Waals surface area contributed by atoms with Gasteiger partial charge in [-0.3, -0.25) is 9.59 Å². The molecule has 0 radical (unpaired) electrons. The molecule has 0 aliphatic carbocycles. The average molecular weight is 346 g/mol. The Morgan fingerprint density at radius 2 is 2.17 bits per heavy atom. The van der Waals surface area contributed by atoms with Crippen molar-refractivity contribution in [3.8, 4) is 5.75 Å². The highest BCUT2D eigenvalue weighted by Gasteiger charge is 2.29. The summed E-state index contributed by atoms with van der Waals surface area (Å²) in [6.07, 6.45) is -0.125. The van der Waals surface area contributed by atoms with E-state index < -0.39 is 6.10 Å². The van der Waals surface area contributed by atoms with Gasteiger partial charge in [-0.25, -0.2) is 0 Å². The summed E-state index contributed by atoms with van der Waals surface area (Å²) >= 11 is 1.35. The number of nitrogens with zero attached hydrogens (tertiary/aromatic N) is 2. The quantitative estimate of drug-likeness (QED) is 0.867. The van der Waals surface area contributed by atoms with E-state index in [1.54, 1.807) is 18.2 Å². The normalized spacial score (nSPS) is 16.3. The molecule has 0 saturated heterocycles. The molecule has 2 amide bonds. The van der Waals surface area contributed by atoms with Gasteiger partial charge in [0.1, 0.15) is 10.8 Å². The van der Waals surface area contributed by atoms with Crippen LogP contribution in [-0.4, -0.2) is 28.1 Å². The first-order valence-corrected chi connectivity index (χ1v) is 8.51. The number of aromatic nitrogens is 2. The molecule has 0 saturated carbocycles. The number of carbonyl (C=O) groups excluding carboxylic acids is 2. The SMILES string of the molecule is CC(C)Cc1nnc(NC(=O)CC2Oc3ccccc3NC2=O)s1. The van der Waals surface area contributed by atoms with E-state index in [0.29, 0.717) is 22.5 Å². The molecule has 8 heteroatoms. The minimum atomic E-state index is -0.858. The summed E-state index contributed by atoms with van der Waals surface area (Å²) in [7, 11) is 0. The number of ether oxygens (including phenoxy) is 1. The summed E-state index contributed by atoms with van der Waals surface area (Å²) in [5, 5.41) is 14.7. The maximum absolute atomic E-state index is 12.1. The Morgan fingerprint density at radius 1 is 1.38 bits per heavy atom. The molecule has 1 unspecified atom stereocenters. The van der Waals surface area contributed by atoms with Crippen LogP contribution in [0.2, 0.25) is 0 Å². The number of fused-ring (bicyclic) bond motifs is 1. The van der Waals surface area contributed by atoms with Gasteiger partial charge in [0.15, 0.2) is 6.10 Å². The van der Waals surface area contributed by atoms with Gasteiger partial charge in [-0.15, -0.1) is 10.2 Å². The van der Waals surface area contributed by atoms with E-state index in [4.69, 9.17) is 4.74 Å². The van der Waals surface area contributed by atoms with Gasteiger partial charge in [-0.2, -0.15) is 0 Å². The number of carbonyl (C=O) groups is 2. The molecule has 2 N–H and O–H groups in total. The van der Waals surface area contributed by atoms with Crippen molar-refractivity contribution in [2.24, 2.45) is 5.92 Å². The topological polar surface area (TPSA) is 93.2 Å².